The predicted molar refractivity (Wildman–Crippen MR) is 53.9 cm³/mol. The van der Waals surface area contributed by atoms with Gasteiger partial charge in [-0.3, -0.25) is 0 Å². The first-order valence-electron chi connectivity index (χ1n) is 4.52. The van der Waals surface area contributed by atoms with Crippen molar-refractivity contribution in [2.75, 3.05) is 0 Å². The number of aliphatic hydroxyl groups is 1. The molecule has 0 spiro atoms. The first-order chi connectivity index (χ1) is 6.48. The molecule has 0 fully saturated rings. The predicted octanol–water partition coefficient (Wildman–Crippen LogP) is 1.49. The van der Waals surface area contributed by atoms with Gasteiger partial charge in [0.2, 0.25) is 0 Å². The van der Waals surface area contributed by atoms with Gasteiger partial charge in [0.1, 0.15) is 5.82 Å². The standard InChI is InChI=1S/C10H13N3O/c1-6-12-8-7(10(2,3)14)4-5-11-9(8)13-6/h4-5,14H,1-3H3,(H,11,12,13). The summed E-state index contributed by atoms with van der Waals surface area (Å²) in [5.41, 5.74) is 1.42. The second kappa shape index (κ2) is 2.78. The molecule has 0 aliphatic carbocycles. The van der Waals surface area contributed by atoms with Crippen molar-refractivity contribution >= 4 is 11.2 Å². The lowest BCUT2D eigenvalue weighted by atomic mass is 9.99. The molecule has 4 nitrogen and oxygen atoms in total. The van der Waals surface area contributed by atoms with Crippen molar-refractivity contribution in [3.8, 4) is 0 Å². The molecule has 0 aliphatic rings. The van der Waals surface area contributed by atoms with Crippen molar-refractivity contribution < 1.29 is 5.11 Å². The number of pyridine rings is 1. The monoisotopic (exact) mass is 191 g/mol. The number of aromatic amines is 1. The topological polar surface area (TPSA) is 61.8 Å². The molecular weight excluding hydrogens is 178 g/mol. The van der Waals surface area contributed by atoms with Crippen LogP contribution in [-0.4, -0.2) is 20.1 Å². The highest BCUT2D eigenvalue weighted by molar-refractivity contribution is 5.75. The molecule has 74 valence electrons. The molecule has 0 aliphatic heterocycles. The Morgan fingerprint density at radius 1 is 1.43 bits per heavy atom. The van der Waals surface area contributed by atoms with Gasteiger partial charge >= 0.3 is 0 Å². The van der Waals surface area contributed by atoms with Crippen LogP contribution in [0.1, 0.15) is 25.2 Å². The SMILES string of the molecule is Cc1nc2nccc(C(C)(C)O)c2[nH]1. The molecule has 0 unspecified atom stereocenters. The maximum absolute atomic E-state index is 9.92. The average Bonchev–Trinajstić information content (AvgIpc) is 2.41. The zero-order chi connectivity index (χ0) is 10.3. The number of hydrogen-bond acceptors (Lipinski definition) is 3. The summed E-state index contributed by atoms with van der Waals surface area (Å²) in [6.07, 6.45) is 1.66. The van der Waals surface area contributed by atoms with E-state index >= 15 is 0 Å². The molecule has 0 atom stereocenters. The number of nitrogens with one attached hydrogen (secondary N) is 1. The van der Waals surface area contributed by atoms with Crippen LogP contribution in [0, 0.1) is 6.92 Å². The normalized spacial score (nSPS) is 12.3. The number of H-pyrrole nitrogens is 1. The third-order valence-corrected chi connectivity index (χ3v) is 2.17. The van der Waals surface area contributed by atoms with Gasteiger partial charge in [0.25, 0.3) is 0 Å². The number of rotatable bonds is 1. The summed E-state index contributed by atoms with van der Waals surface area (Å²) >= 11 is 0. The number of fused-ring (bicyclic) bond motifs is 1. The number of nitrogens with zero attached hydrogens (tertiary/aromatic N) is 2. The lowest BCUT2D eigenvalue weighted by Gasteiger charge is -2.17. The molecule has 2 aromatic heterocycles. The van der Waals surface area contributed by atoms with Gasteiger partial charge in [-0.15, -0.1) is 0 Å². The minimum Gasteiger partial charge on any atom is -0.386 e. The fourth-order valence-electron chi connectivity index (χ4n) is 1.54. The maximum atomic E-state index is 9.92. The van der Waals surface area contributed by atoms with Gasteiger partial charge in [-0.25, -0.2) is 9.97 Å². The quantitative estimate of drug-likeness (QED) is 0.718. The van der Waals surface area contributed by atoms with Gasteiger partial charge in [-0.2, -0.15) is 0 Å². The molecule has 2 rings (SSSR count). The van der Waals surface area contributed by atoms with Crippen molar-refractivity contribution in [1.82, 2.24) is 15.0 Å². The van der Waals surface area contributed by atoms with Gasteiger partial charge in [-0.1, -0.05) is 0 Å². The van der Waals surface area contributed by atoms with E-state index in [0.717, 1.165) is 16.9 Å². The molecule has 2 N–H and O–H groups in total. The molecule has 0 radical (unpaired) electrons. The van der Waals surface area contributed by atoms with E-state index in [0.29, 0.717) is 5.65 Å². The Balaban J connectivity index is 2.77. The third-order valence-electron chi connectivity index (χ3n) is 2.17. The van der Waals surface area contributed by atoms with E-state index in [-0.39, 0.29) is 0 Å². The molecule has 0 saturated heterocycles. The number of aromatic nitrogens is 3. The Bertz CT molecular complexity index is 468. The van der Waals surface area contributed by atoms with E-state index < -0.39 is 5.60 Å². The minimum absolute atomic E-state index is 0.655. The molecule has 0 aromatic carbocycles. The van der Waals surface area contributed by atoms with Gasteiger partial charge in [0, 0.05) is 11.8 Å². The van der Waals surface area contributed by atoms with Crippen molar-refractivity contribution in [3.63, 3.8) is 0 Å². The summed E-state index contributed by atoms with van der Waals surface area (Å²) in [5.74, 6) is 0.809. The summed E-state index contributed by atoms with van der Waals surface area (Å²) in [6, 6.07) is 1.81. The average molecular weight is 191 g/mol. The van der Waals surface area contributed by atoms with Crippen molar-refractivity contribution in [2.24, 2.45) is 0 Å². The third kappa shape index (κ3) is 1.37. The fraction of sp³-hybridized carbons (Fsp3) is 0.400. The summed E-state index contributed by atoms with van der Waals surface area (Å²) in [5, 5.41) is 9.92. The van der Waals surface area contributed by atoms with Gasteiger partial charge in [0.15, 0.2) is 5.65 Å². The van der Waals surface area contributed by atoms with E-state index in [9.17, 15) is 5.11 Å². The molecule has 0 bridgehead atoms. The molecule has 0 amide bonds. The van der Waals surface area contributed by atoms with Crippen LogP contribution in [-0.2, 0) is 5.60 Å². The summed E-state index contributed by atoms with van der Waals surface area (Å²) in [4.78, 5) is 11.4. The summed E-state index contributed by atoms with van der Waals surface area (Å²) in [6.45, 7) is 5.37. The van der Waals surface area contributed by atoms with Crippen LogP contribution in [0.25, 0.3) is 11.2 Å². The first-order valence-corrected chi connectivity index (χ1v) is 4.52. The van der Waals surface area contributed by atoms with Gasteiger partial charge < -0.3 is 10.1 Å². The van der Waals surface area contributed by atoms with Gasteiger partial charge in [-0.05, 0) is 26.8 Å². The van der Waals surface area contributed by atoms with Crippen LogP contribution in [0.3, 0.4) is 0 Å². The first kappa shape index (κ1) is 9.15. The largest absolute Gasteiger partial charge is 0.386 e. The summed E-state index contributed by atoms with van der Waals surface area (Å²) < 4.78 is 0. The van der Waals surface area contributed by atoms with E-state index in [1.54, 1.807) is 26.1 Å². The molecule has 2 aromatic rings. The molecule has 0 saturated carbocycles. The Morgan fingerprint density at radius 3 is 2.79 bits per heavy atom. The van der Waals surface area contributed by atoms with E-state index in [1.807, 2.05) is 6.92 Å². The van der Waals surface area contributed by atoms with E-state index in [2.05, 4.69) is 15.0 Å². The molecule has 4 heteroatoms. The van der Waals surface area contributed by atoms with Crippen LogP contribution in [0.4, 0.5) is 0 Å². The molecule has 14 heavy (non-hydrogen) atoms. The number of imidazole rings is 1. The number of hydrogen-bond donors (Lipinski definition) is 2. The minimum atomic E-state index is -0.875. The Labute approximate surface area is 82.0 Å². The second-order valence-electron chi connectivity index (χ2n) is 3.94. The van der Waals surface area contributed by atoms with Crippen LogP contribution in [0.15, 0.2) is 12.3 Å². The molecular formula is C10H13N3O. The van der Waals surface area contributed by atoms with Gasteiger partial charge in [0.05, 0.1) is 11.1 Å². The van der Waals surface area contributed by atoms with Crippen molar-refractivity contribution in [1.29, 1.82) is 0 Å². The Hall–Kier alpha value is -1.42. The van der Waals surface area contributed by atoms with Crippen LogP contribution in [0.2, 0.25) is 0 Å². The maximum Gasteiger partial charge on any atom is 0.178 e. The zero-order valence-electron chi connectivity index (χ0n) is 8.50. The summed E-state index contributed by atoms with van der Waals surface area (Å²) in [7, 11) is 0. The number of aryl methyl sites for hydroxylation is 1. The highest BCUT2D eigenvalue weighted by Crippen LogP contribution is 2.25. The second-order valence-corrected chi connectivity index (χ2v) is 3.94. The van der Waals surface area contributed by atoms with Crippen LogP contribution >= 0.6 is 0 Å². The Kier molecular flexibility index (Phi) is 1.82. The van der Waals surface area contributed by atoms with Crippen LogP contribution < -0.4 is 0 Å². The van der Waals surface area contributed by atoms with Crippen molar-refractivity contribution in [2.45, 2.75) is 26.4 Å². The van der Waals surface area contributed by atoms with Crippen LogP contribution in [0.5, 0.6) is 0 Å². The Morgan fingerprint density at radius 2 is 2.14 bits per heavy atom. The lowest BCUT2D eigenvalue weighted by Crippen LogP contribution is -2.16. The van der Waals surface area contributed by atoms with E-state index in [4.69, 9.17) is 0 Å². The smallest absolute Gasteiger partial charge is 0.178 e. The molecule has 2 heterocycles. The van der Waals surface area contributed by atoms with Crippen molar-refractivity contribution in [3.05, 3.63) is 23.7 Å². The fourth-order valence-corrected chi connectivity index (χ4v) is 1.54. The van der Waals surface area contributed by atoms with E-state index in [1.165, 1.54) is 0 Å². The highest BCUT2D eigenvalue weighted by Gasteiger charge is 2.20. The lowest BCUT2D eigenvalue weighted by molar-refractivity contribution is 0.0799. The highest BCUT2D eigenvalue weighted by atomic mass is 16.3. The zero-order valence-corrected chi connectivity index (χ0v) is 8.50.